The fraction of sp³-hybridized carbons (Fsp3) is 0.290. The lowest BCUT2D eigenvalue weighted by Gasteiger charge is -2.30. The Morgan fingerprint density at radius 1 is 0.892 bits per heavy atom. The van der Waals surface area contributed by atoms with Gasteiger partial charge in [0.05, 0.1) is 11.8 Å². The van der Waals surface area contributed by atoms with Gasteiger partial charge in [0, 0.05) is 55.5 Å². The number of allylic oxidation sites excluding steroid dienone is 1. The van der Waals surface area contributed by atoms with E-state index in [1.54, 1.807) is 5.01 Å². The van der Waals surface area contributed by atoms with Crippen molar-refractivity contribution in [2.45, 2.75) is 25.3 Å². The Morgan fingerprint density at radius 2 is 1.49 bits per heavy atom. The third-order valence-electron chi connectivity index (χ3n) is 7.30. The number of rotatable bonds is 5. The monoisotopic (exact) mass is 556 g/mol. The van der Waals surface area contributed by atoms with Gasteiger partial charge in [0.2, 0.25) is 0 Å². The molecule has 0 saturated heterocycles. The second-order valence-corrected chi connectivity index (χ2v) is 11.1. The molecule has 1 aliphatic carbocycles. The van der Waals surface area contributed by atoms with Crippen LogP contribution in [0.1, 0.15) is 46.8 Å². The zero-order valence-corrected chi connectivity index (χ0v) is 23.4. The quantitative estimate of drug-likeness (QED) is 0.339. The molecule has 5 rings (SSSR count). The van der Waals surface area contributed by atoms with E-state index in [0.717, 1.165) is 46.3 Å². The highest BCUT2D eigenvalue weighted by Gasteiger charge is 2.43. The van der Waals surface area contributed by atoms with E-state index in [9.17, 15) is 4.79 Å². The highest BCUT2D eigenvalue weighted by atomic mass is 79.9. The van der Waals surface area contributed by atoms with Crippen LogP contribution in [0.2, 0.25) is 0 Å². The van der Waals surface area contributed by atoms with Gasteiger partial charge in [-0.05, 0) is 90.6 Å². The number of amides is 1. The van der Waals surface area contributed by atoms with Crippen molar-refractivity contribution in [3.63, 3.8) is 0 Å². The number of anilines is 2. The molecule has 0 bridgehead atoms. The molecule has 1 aliphatic heterocycles. The third kappa shape index (κ3) is 5.21. The minimum Gasteiger partial charge on any atom is -0.378 e. The molecule has 6 heteroatoms. The molecule has 190 valence electrons. The number of fused-ring (bicyclic) bond motifs is 1. The van der Waals surface area contributed by atoms with Crippen LogP contribution in [-0.2, 0) is 0 Å². The van der Waals surface area contributed by atoms with Crippen molar-refractivity contribution in [1.82, 2.24) is 5.01 Å². The standard InChI is InChI=1S/C31H33BrN4O/c1-34(2)26-16-8-21(9-17-26)20-24-6-5-7-28-29(24)33-36(31(37)23-10-14-25(32)15-11-23)30(28)22-12-18-27(19-13-22)35(3)4/h8-20,28,30H,5-7H2,1-4H3/b24-20+/t28-,30-/m1/s1. The Morgan fingerprint density at radius 3 is 2.08 bits per heavy atom. The van der Waals surface area contributed by atoms with Gasteiger partial charge in [0.15, 0.2) is 0 Å². The summed E-state index contributed by atoms with van der Waals surface area (Å²) in [6, 6.07) is 24.6. The van der Waals surface area contributed by atoms with Gasteiger partial charge in [-0.25, -0.2) is 5.01 Å². The van der Waals surface area contributed by atoms with Crippen LogP contribution in [-0.4, -0.2) is 44.8 Å². The highest BCUT2D eigenvalue weighted by molar-refractivity contribution is 9.10. The molecule has 0 aromatic heterocycles. The molecule has 1 fully saturated rings. The Kier molecular flexibility index (Phi) is 7.20. The SMILES string of the molecule is CN(C)c1ccc(/C=C2\CCC[C@@H]3C2=NN(C(=O)c2ccc(Br)cc2)[C@@H]3c2ccc(N(C)C)cc2)cc1. The Hall–Kier alpha value is -3.38. The molecule has 3 aromatic carbocycles. The lowest BCUT2D eigenvalue weighted by Crippen LogP contribution is -2.32. The minimum atomic E-state index is -0.123. The van der Waals surface area contributed by atoms with Gasteiger partial charge in [0.1, 0.15) is 0 Å². The topological polar surface area (TPSA) is 39.1 Å². The van der Waals surface area contributed by atoms with Crippen LogP contribution in [0.3, 0.4) is 0 Å². The summed E-state index contributed by atoms with van der Waals surface area (Å²) in [5, 5.41) is 6.79. The molecular weight excluding hydrogens is 524 g/mol. The minimum absolute atomic E-state index is 0.0641. The van der Waals surface area contributed by atoms with Crippen LogP contribution in [0, 0.1) is 5.92 Å². The first-order valence-electron chi connectivity index (χ1n) is 12.7. The smallest absolute Gasteiger partial charge is 0.274 e. The Bertz CT molecular complexity index is 1330. The van der Waals surface area contributed by atoms with Crippen LogP contribution >= 0.6 is 15.9 Å². The van der Waals surface area contributed by atoms with Gasteiger partial charge in [-0.1, -0.05) is 40.2 Å². The highest BCUT2D eigenvalue weighted by Crippen LogP contribution is 2.45. The van der Waals surface area contributed by atoms with E-state index in [4.69, 9.17) is 5.10 Å². The molecular formula is C31H33BrN4O. The van der Waals surface area contributed by atoms with Gasteiger partial charge in [0.25, 0.3) is 5.91 Å². The summed E-state index contributed by atoms with van der Waals surface area (Å²) in [6.45, 7) is 0. The first-order chi connectivity index (χ1) is 17.8. The zero-order valence-electron chi connectivity index (χ0n) is 21.9. The molecule has 0 unspecified atom stereocenters. The van der Waals surface area contributed by atoms with Crippen LogP contribution in [0.4, 0.5) is 11.4 Å². The lowest BCUT2D eigenvalue weighted by atomic mass is 9.77. The lowest BCUT2D eigenvalue weighted by molar-refractivity contribution is 0.0681. The summed E-state index contributed by atoms with van der Waals surface area (Å²) in [4.78, 5) is 18.0. The van der Waals surface area contributed by atoms with E-state index in [1.165, 1.54) is 11.3 Å². The largest absolute Gasteiger partial charge is 0.378 e. The van der Waals surface area contributed by atoms with E-state index in [2.05, 4.69) is 94.4 Å². The van der Waals surface area contributed by atoms with Crippen LogP contribution in [0.15, 0.2) is 87.9 Å². The van der Waals surface area contributed by atoms with Crippen molar-refractivity contribution in [1.29, 1.82) is 0 Å². The first-order valence-corrected chi connectivity index (χ1v) is 13.5. The maximum absolute atomic E-state index is 13.8. The predicted molar refractivity (Wildman–Crippen MR) is 157 cm³/mol. The summed E-state index contributed by atoms with van der Waals surface area (Å²) < 4.78 is 0.951. The fourth-order valence-corrected chi connectivity index (χ4v) is 5.53. The molecule has 0 spiro atoms. The Labute approximate surface area is 228 Å². The number of hydrogen-bond donors (Lipinski definition) is 0. The maximum Gasteiger partial charge on any atom is 0.274 e. The number of carbonyl (C=O) groups is 1. The van der Waals surface area contributed by atoms with Crippen molar-refractivity contribution in [3.8, 4) is 0 Å². The summed E-state index contributed by atoms with van der Waals surface area (Å²) >= 11 is 3.48. The summed E-state index contributed by atoms with van der Waals surface area (Å²) in [5.41, 5.74) is 7.52. The number of hydrazone groups is 1. The van der Waals surface area contributed by atoms with E-state index in [0.29, 0.717) is 5.56 Å². The van der Waals surface area contributed by atoms with Crippen molar-refractivity contribution in [3.05, 3.63) is 99.5 Å². The molecule has 1 saturated carbocycles. The van der Waals surface area contributed by atoms with Gasteiger partial charge in [-0.3, -0.25) is 4.79 Å². The molecule has 1 heterocycles. The Balaban J connectivity index is 1.54. The summed E-state index contributed by atoms with van der Waals surface area (Å²) in [7, 11) is 8.18. The van der Waals surface area contributed by atoms with Crippen LogP contribution in [0.25, 0.3) is 6.08 Å². The van der Waals surface area contributed by atoms with E-state index in [-0.39, 0.29) is 17.9 Å². The van der Waals surface area contributed by atoms with E-state index in [1.807, 2.05) is 38.4 Å². The van der Waals surface area contributed by atoms with Crippen molar-refractivity contribution in [2.24, 2.45) is 11.0 Å². The van der Waals surface area contributed by atoms with Crippen LogP contribution in [0.5, 0.6) is 0 Å². The molecule has 0 radical (unpaired) electrons. The number of nitrogens with zero attached hydrogens (tertiary/aromatic N) is 4. The first kappa shape index (κ1) is 25.3. The molecule has 3 aromatic rings. The van der Waals surface area contributed by atoms with E-state index < -0.39 is 0 Å². The normalized spacial score (nSPS) is 20.0. The number of benzene rings is 3. The second kappa shape index (κ2) is 10.5. The average Bonchev–Trinajstić information content (AvgIpc) is 3.30. The van der Waals surface area contributed by atoms with Gasteiger partial charge in [-0.15, -0.1) is 0 Å². The average molecular weight is 558 g/mol. The van der Waals surface area contributed by atoms with Crippen molar-refractivity contribution >= 4 is 45.0 Å². The fourth-order valence-electron chi connectivity index (χ4n) is 5.27. The van der Waals surface area contributed by atoms with E-state index >= 15 is 0 Å². The number of halogens is 1. The molecule has 1 amide bonds. The number of carbonyl (C=O) groups excluding carboxylic acids is 1. The molecule has 2 aliphatic rings. The van der Waals surface area contributed by atoms with Crippen LogP contribution < -0.4 is 9.80 Å². The van der Waals surface area contributed by atoms with Gasteiger partial charge >= 0.3 is 0 Å². The van der Waals surface area contributed by atoms with Gasteiger partial charge in [-0.2, -0.15) is 5.10 Å². The van der Waals surface area contributed by atoms with Crippen molar-refractivity contribution in [2.75, 3.05) is 38.0 Å². The summed E-state index contributed by atoms with van der Waals surface area (Å²) in [6.07, 6.45) is 5.32. The molecule has 5 nitrogen and oxygen atoms in total. The predicted octanol–water partition coefficient (Wildman–Crippen LogP) is 7.02. The molecule has 0 N–H and O–H groups in total. The second-order valence-electron chi connectivity index (χ2n) is 10.2. The van der Waals surface area contributed by atoms with Crippen molar-refractivity contribution < 1.29 is 4.79 Å². The summed E-state index contributed by atoms with van der Waals surface area (Å²) in [5.74, 6) is 0.108. The third-order valence-corrected chi connectivity index (χ3v) is 7.83. The number of hydrogen-bond acceptors (Lipinski definition) is 4. The molecule has 37 heavy (non-hydrogen) atoms. The zero-order chi connectivity index (χ0) is 26.1. The molecule has 2 atom stereocenters. The van der Waals surface area contributed by atoms with Gasteiger partial charge < -0.3 is 9.80 Å². The maximum atomic E-state index is 13.8.